The van der Waals surface area contributed by atoms with Crippen molar-refractivity contribution in [2.24, 2.45) is 7.05 Å². The third-order valence-corrected chi connectivity index (χ3v) is 3.65. The summed E-state index contributed by atoms with van der Waals surface area (Å²) in [7, 11) is 1.92. The predicted octanol–water partition coefficient (Wildman–Crippen LogP) is 1.68. The molecule has 3 rings (SSSR count). The van der Waals surface area contributed by atoms with Crippen LogP contribution < -0.4 is 0 Å². The summed E-state index contributed by atoms with van der Waals surface area (Å²) in [5, 5.41) is 13.6. The van der Waals surface area contributed by atoms with E-state index in [1.807, 2.05) is 35.5 Å². The SMILES string of the molecule is CCn1nc(C2CCOC2)nc1-c1cc(C#N)cn1C. The zero-order valence-electron chi connectivity index (χ0n) is 11.7. The molecule has 1 atom stereocenters. The summed E-state index contributed by atoms with van der Waals surface area (Å²) >= 11 is 0. The van der Waals surface area contributed by atoms with Crippen LogP contribution in [0.5, 0.6) is 0 Å². The molecule has 1 aliphatic heterocycles. The maximum atomic E-state index is 9.00. The maximum absolute atomic E-state index is 9.00. The van der Waals surface area contributed by atoms with E-state index in [1.54, 1.807) is 0 Å². The molecule has 1 fully saturated rings. The van der Waals surface area contributed by atoms with E-state index in [4.69, 9.17) is 10.00 Å². The average Bonchev–Trinajstić information content (AvgIpc) is 3.16. The highest BCUT2D eigenvalue weighted by molar-refractivity contribution is 5.55. The standard InChI is InChI=1S/C14H17N5O/c1-3-19-14(12-6-10(7-15)8-18(12)2)16-13(17-19)11-4-5-20-9-11/h6,8,11H,3-5,9H2,1-2H3. The molecule has 3 heterocycles. The van der Waals surface area contributed by atoms with Gasteiger partial charge >= 0.3 is 0 Å². The second-order valence-corrected chi connectivity index (χ2v) is 5.01. The Hall–Kier alpha value is -2.13. The molecule has 2 aromatic heterocycles. The van der Waals surface area contributed by atoms with Crippen LogP contribution in [-0.2, 0) is 18.3 Å². The van der Waals surface area contributed by atoms with Crippen LogP contribution in [0.15, 0.2) is 12.3 Å². The van der Waals surface area contributed by atoms with Crippen molar-refractivity contribution >= 4 is 0 Å². The molecule has 0 N–H and O–H groups in total. The Labute approximate surface area is 117 Å². The van der Waals surface area contributed by atoms with Gasteiger partial charge in [0, 0.05) is 32.3 Å². The summed E-state index contributed by atoms with van der Waals surface area (Å²) in [6, 6.07) is 4.01. The summed E-state index contributed by atoms with van der Waals surface area (Å²) < 4.78 is 9.22. The quantitative estimate of drug-likeness (QED) is 0.851. The van der Waals surface area contributed by atoms with Gasteiger partial charge in [0.05, 0.1) is 17.9 Å². The fraction of sp³-hybridized carbons (Fsp3) is 0.500. The van der Waals surface area contributed by atoms with Gasteiger partial charge in [-0.1, -0.05) is 0 Å². The van der Waals surface area contributed by atoms with E-state index in [2.05, 4.69) is 16.2 Å². The number of aryl methyl sites for hydroxylation is 2. The minimum absolute atomic E-state index is 0.289. The number of ether oxygens (including phenoxy) is 1. The minimum Gasteiger partial charge on any atom is -0.381 e. The molecular weight excluding hydrogens is 254 g/mol. The lowest BCUT2D eigenvalue weighted by atomic mass is 10.1. The molecule has 1 saturated heterocycles. The van der Waals surface area contributed by atoms with Crippen molar-refractivity contribution in [3.05, 3.63) is 23.7 Å². The first-order chi connectivity index (χ1) is 9.72. The van der Waals surface area contributed by atoms with Gasteiger partial charge in [-0.15, -0.1) is 0 Å². The zero-order chi connectivity index (χ0) is 14.1. The topological polar surface area (TPSA) is 68.7 Å². The second kappa shape index (κ2) is 5.10. The first-order valence-electron chi connectivity index (χ1n) is 6.82. The van der Waals surface area contributed by atoms with Crippen LogP contribution in [0.3, 0.4) is 0 Å². The molecule has 0 aromatic carbocycles. The first-order valence-corrected chi connectivity index (χ1v) is 6.82. The largest absolute Gasteiger partial charge is 0.381 e. The van der Waals surface area contributed by atoms with Crippen molar-refractivity contribution in [2.45, 2.75) is 25.8 Å². The molecule has 0 radical (unpaired) electrons. The van der Waals surface area contributed by atoms with E-state index >= 15 is 0 Å². The van der Waals surface area contributed by atoms with Crippen LogP contribution in [-0.4, -0.2) is 32.5 Å². The van der Waals surface area contributed by atoms with Gasteiger partial charge in [0.1, 0.15) is 6.07 Å². The molecule has 20 heavy (non-hydrogen) atoms. The van der Waals surface area contributed by atoms with Crippen molar-refractivity contribution in [3.63, 3.8) is 0 Å². The van der Waals surface area contributed by atoms with Gasteiger partial charge in [0.25, 0.3) is 0 Å². The highest BCUT2D eigenvalue weighted by Gasteiger charge is 2.24. The molecule has 104 valence electrons. The monoisotopic (exact) mass is 271 g/mol. The Balaban J connectivity index is 2.03. The molecule has 6 heteroatoms. The average molecular weight is 271 g/mol. The van der Waals surface area contributed by atoms with Crippen LogP contribution in [0, 0.1) is 11.3 Å². The van der Waals surface area contributed by atoms with Crippen LogP contribution >= 0.6 is 0 Å². The van der Waals surface area contributed by atoms with Crippen LogP contribution in [0.1, 0.15) is 30.7 Å². The molecule has 2 aromatic rings. The molecular formula is C14H17N5O. The van der Waals surface area contributed by atoms with Crippen molar-refractivity contribution < 1.29 is 4.74 Å². The maximum Gasteiger partial charge on any atom is 0.175 e. The van der Waals surface area contributed by atoms with E-state index in [0.29, 0.717) is 12.2 Å². The molecule has 1 aliphatic rings. The molecule has 0 amide bonds. The number of nitrogens with zero attached hydrogens (tertiary/aromatic N) is 5. The number of rotatable bonds is 3. The van der Waals surface area contributed by atoms with Gasteiger partial charge in [-0.25, -0.2) is 9.67 Å². The van der Waals surface area contributed by atoms with Crippen molar-refractivity contribution in [3.8, 4) is 17.6 Å². The third-order valence-electron chi connectivity index (χ3n) is 3.65. The first kappa shape index (κ1) is 12.9. The molecule has 6 nitrogen and oxygen atoms in total. The third kappa shape index (κ3) is 2.10. The van der Waals surface area contributed by atoms with Crippen molar-refractivity contribution in [1.82, 2.24) is 19.3 Å². The Bertz CT molecular complexity index is 658. The van der Waals surface area contributed by atoms with Crippen LogP contribution in [0.2, 0.25) is 0 Å². The van der Waals surface area contributed by atoms with Gasteiger partial charge in [-0.05, 0) is 19.4 Å². The Morgan fingerprint density at radius 3 is 3.00 bits per heavy atom. The Kier molecular flexibility index (Phi) is 3.28. The van der Waals surface area contributed by atoms with E-state index in [-0.39, 0.29) is 5.92 Å². The van der Waals surface area contributed by atoms with E-state index in [1.165, 1.54) is 0 Å². The van der Waals surface area contributed by atoms with Crippen molar-refractivity contribution in [1.29, 1.82) is 5.26 Å². The second-order valence-electron chi connectivity index (χ2n) is 5.01. The van der Waals surface area contributed by atoms with Gasteiger partial charge in [-0.2, -0.15) is 10.4 Å². The van der Waals surface area contributed by atoms with Gasteiger partial charge < -0.3 is 9.30 Å². The van der Waals surface area contributed by atoms with E-state index in [0.717, 1.165) is 36.9 Å². The number of hydrogen-bond donors (Lipinski definition) is 0. The van der Waals surface area contributed by atoms with Gasteiger partial charge in [0.15, 0.2) is 11.6 Å². The van der Waals surface area contributed by atoms with Crippen LogP contribution in [0.25, 0.3) is 11.5 Å². The van der Waals surface area contributed by atoms with E-state index in [9.17, 15) is 0 Å². The number of aromatic nitrogens is 4. The smallest absolute Gasteiger partial charge is 0.175 e. The normalized spacial score (nSPS) is 18.4. The lowest BCUT2D eigenvalue weighted by molar-refractivity contribution is 0.193. The molecule has 0 saturated carbocycles. The number of nitriles is 1. The highest BCUT2D eigenvalue weighted by Crippen LogP contribution is 2.26. The lowest BCUT2D eigenvalue weighted by Crippen LogP contribution is -2.03. The van der Waals surface area contributed by atoms with Crippen LogP contribution in [0.4, 0.5) is 0 Å². The summed E-state index contributed by atoms with van der Waals surface area (Å²) in [6.45, 7) is 4.28. The molecule has 0 spiro atoms. The summed E-state index contributed by atoms with van der Waals surface area (Å²) in [6.07, 6.45) is 2.78. The summed E-state index contributed by atoms with van der Waals surface area (Å²) in [4.78, 5) is 4.68. The predicted molar refractivity (Wildman–Crippen MR) is 73.0 cm³/mol. The Morgan fingerprint density at radius 2 is 2.40 bits per heavy atom. The lowest BCUT2D eigenvalue weighted by Gasteiger charge is -2.03. The molecule has 1 unspecified atom stereocenters. The molecule has 0 bridgehead atoms. The minimum atomic E-state index is 0.289. The number of hydrogen-bond acceptors (Lipinski definition) is 4. The Morgan fingerprint density at radius 1 is 1.55 bits per heavy atom. The van der Waals surface area contributed by atoms with Crippen molar-refractivity contribution in [2.75, 3.05) is 13.2 Å². The van der Waals surface area contributed by atoms with Gasteiger partial charge in [0.2, 0.25) is 0 Å². The summed E-state index contributed by atoms with van der Waals surface area (Å²) in [5.74, 6) is 1.95. The summed E-state index contributed by atoms with van der Waals surface area (Å²) in [5.41, 5.74) is 1.56. The van der Waals surface area contributed by atoms with E-state index < -0.39 is 0 Å². The molecule has 0 aliphatic carbocycles. The fourth-order valence-electron chi connectivity index (χ4n) is 2.53. The zero-order valence-corrected chi connectivity index (χ0v) is 11.7. The fourth-order valence-corrected chi connectivity index (χ4v) is 2.53. The highest BCUT2D eigenvalue weighted by atomic mass is 16.5. The van der Waals surface area contributed by atoms with Gasteiger partial charge in [-0.3, -0.25) is 0 Å².